The lowest BCUT2D eigenvalue weighted by molar-refractivity contribution is -0.146. The van der Waals surface area contributed by atoms with Crippen LogP contribution in [0.5, 0.6) is 0 Å². The molecule has 0 radical (unpaired) electrons. The van der Waals surface area contributed by atoms with Crippen LogP contribution in [0.15, 0.2) is 60.7 Å². The highest BCUT2D eigenvalue weighted by Gasteiger charge is 2.53. The Hall–Kier alpha value is -3.13. The van der Waals surface area contributed by atoms with E-state index in [0.29, 0.717) is 0 Å². The Morgan fingerprint density at radius 1 is 0.711 bits per heavy atom. The first kappa shape index (κ1) is 31.1. The summed E-state index contributed by atoms with van der Waals surface area (Å²) in [5.74, 6) is -0.713. The molecule has 0 aliphatic carbocycles. The number of nitrogens with zero attached hydrogens (tertiary/aromatic N) is 1. The van der Waals surface area contributed by atoms with Crippen LogP contribution in [0.4, 0.5) is 9.59 Å². The lowest BCUT2D eigenvalue weighted by Crippen LogP contribution is -2.68. The second kappa shape index (κ2) is 11.7. The molecule has 7 nitrogen and oxygen atoms in total. The first-order valence-electron chi connectivity index (χ1n) is 12.9. The lowest BCUT2D eigenvalue weighted by Gasteiger charge is -2.46. The summed E-state index contributed by atoms with van der Waals surface area (Å²) in [7, 11) is -1.67. The number of hydrogen-bond acceptors (Lipinski definition) is 6. The van der Waals surface area contributed by atoms with E-state index >= 15 is 0 Å². The number of amides is 2. The molecule has 38 heavy (non-hydrogen) atoms. The van der Waals surface area contributed by atoms with Crippen molar-refractivity contribution in [3.63, 3.8) is 0 Å². The van der Waals surface area contributed by atoms with E-state index in [0.717, 1.165) is 15.3 Å². The van der Waals surface area contributed by atoms with Crippen LogP contribution in [-0.2, 0) is 19.0 Å². The van der Waals surface area contributed by atoms with Crippen LogP contribution in [0.1, 0.15) is 62.3 Å². The van der Waals surface area contributed by atoms with Gasteiger partial charge in [0.25, 0.3) is 0 Å². The van der Waals surface area contributed by atoms with Gasteiger partial charge < -0.3 is 14.2 Å². The largest absolute Gasteiger partial charge is 0.467 e. The van der Waals surface area contributed by atoms with Gasteiger partial charge in [-0.3, -0.25) is 0 Å². The molecule has 2 aromatic carbocycles. The fourth-order valence-electron chi connectivity index (χ4n) is 4.68. The minimum absolute atomic E-state index is 0.176. The normalized spacial score (nSPS) is 13.3. The van der Waals surface area contributed by atoms with Crippen molar-refractivity contribution in [3.05, 3.63) is 60.7 Å². The number of imide groups is 1. The van der Waals surface area contributed by atoms with Crippen molar-refractivity contribution < 1.29 is 28.6 Å². The minimum atomic E-state index is -2.92. The molecule has 0 heterocycles. The van der Waals surface area contributed by atoms with E-state index < -0.39 is 43.5 Å². The van der Waals surface area contributed by atoms with Gasteiger partial charge in [-0.25, -0.2) is 14.4 Å². The van der Waals surface area contributed by atoms with Gasteiger partial charge in [-0.2, -0.15) is 4.90 Å². The van der Waals surface area contributed by atoms with Gasteiger partial charge in [0.05, 0.1) is 7.11 Å². The number of hydrogen-bond donors (Lipinski definition) is 0. The first-order valence-corrected chi connectivity index (χ1v) is 15.1. The lowest BCUT2D eigenvalue weighted by atomic mass is 10.2. The molecule has 0 spiro atoms. The Labute approximate surface area is 228 Å². The Bertz CT molecular complexity index is 1030. The number of benzene rings is 2. The summed E-state index contributed by atoms with van der Waals surface area (Å²) >= 11 is 0. The zero-order valence-electron chi connectivity index (χ0n) is 24.5. The molecule has 0 aliphatic heterocycles. The molecule has 0 fully saturated rings. The average molecular weight is 542 g/mol. The SMILES string of the molecule is COC(=O)C(C[Si](c1ccccc1)(c1ccccc1)C(C)(C)C)N(C(=O)OC(C)(C)C)C(=O)OC(C)(C)C. The molecule has 8 heteroatoms. The number of carbonyl (C=O) groups excluding carboxylic acids is 3. The molecular weight excluding hydrogens is 498 g/mol. The molecule has 2 amide bonds. The van der Waals surface area contributed by atoms with Gasteiger partial charge >= 0.3 is 18.2 Å². The zero-order valence-corrected chi connectivity index (χ0v) is 25.5. The van der Waals surface area contributed by atoms with E-state index in [1.54, 1.807) is 41.5 Å². The maximum Gasteiger partial charge on any atom is 0.420 e. The highest BCUT2D eigenvalue weighted by molar-refractivity contribution is 7.04. The summed E-state index contributed by atoms with van der Waals surface area (Å²) in [6.07, 6.45) is -1.92. The number of rotatable bonds is 6. The molecule has 0 saturated heterocycles. The third-order valence-corrected chi connectivity index (χ3v) is 12.5. The van der Waals surface area contributed by atoms with Crippen molar-refractivity contribution >= 4 is 36.6 Å². The van der Waals surface area contributed by atoms with Gasteiger partial charge in [0.2, 0.25) is 0 Å². The zero-order chi connectivity index (χ0) is 28.9. The molecule has 1 unspecified atom stereocenters. The van der Waals surface area contributed by atoms with E-state index in [1.807, 2.05) is 36.4 Å². The molecule has 2 aromatic rings. The van der Waals surface area contributed by atoms with E-state index in [1.165, 1.54) is 7.11 Å². The average Bonchev–Trinajstić information content (AvgIpc) is 2.79. The quantitative estimate of drug-likeness (QED) is 0.263. The van der Waals surface area contributed by atoms with Crippen LogP contribution in [0, 0.1) is 0 Å². The van der Waals surface area contributed by atoms with Crippen molar-refractivity contribution in [1.82, 2.24) is 4.90 Å². The van der Waals surface area contributed by atoms with Crippen molar-refractivity contribution in [2.24, 2.45) is 0 Å². The summed E-state index contributed by atoms with van der Waals surface area (Å²) in [4.78, 5) is 41.4. The number of methoxy groups -OCH3 is 1. The van der Waals surface area contributed by atoms with Crippen LogP contribution in [0.3, 0.4) is 0 Å². The second-order valence-electron chi connectivity index (χ2n) is 12.5. The van der Waals surface area contributed by atoms with Gasteiger partial charge in [-0.15, -0.1) is 0 Å². The Morgan fingerprint density at radius 2 is 1.08 bits per heavy atom. The monoisotopic (exact) mass is 541 g/mol. The Balaban J connectivity index is 2.85. The topological polar surface area (TPSA) is 82.1 Å². The van der Waals surface area contributed by atoms with E-state index in [4.69, 9.17) is 14.2 Å². The predicted molar refractivity (Wildman–Crippen MR) is 153 cm³/mol. The fraction of sp³-hybridized carbons (Fsp3) is 0.500. The molecule has 0 aliphatic rings. The van der Waals surface area contributed by atoms with Crippen LogP contribution >= 0.6 is 0 Å². The number of carbonyl (C=O) groups is 3. The smallest absolute Gasteiger partial charge is 0.420 e. The standard InChI is InChI=1S/C30H43NO6Si/c1-28(2,3)36-26(33)31(27(34)37-29(4,5)6)24(25(32)35-10)21-38(30(7,8)9,22-17-13-11-14-18-22)23-19-15-12-16-20-23/h11-20,24H,21H2,1-10H3. The van der Waals surface area contributed by atoms with Gasteiger partial charge in [-0.1, -0.05) is 91.8 Å². The van der Waals surface area contributed by atoms with Crippen LogP contribution in [-0.4, -0.2) is 55.5 Å². The highest BCUT2D eigenvalue weighted by atomic mass is 28.3. The third kappa shape index (κ3) is 7.46. The van der Waals surface area contributed by atoms with Gasteiger partial charge in [-0.05, 0) is 52.6 Å². The Morgan fingerprint density at radius 3 is 1.37 bits per heavy atom. The second-order valence-corrected chi connectivity index (χ2v) is 17.3. The van der Waals surface area contributed by atoms with E-state index in [9.17, 15) is 14.4 Å². The third-order valence-electron chi connectivity index (χ3n) is 6.28. The summed E-state index contributed by atoms with van der Waals surface area (Å²) < 4.78 is 16.4. The van der Waals surface area contributed by atoms with Crippen molar-refractivity contribution in [3.8, 4) is 0 Å². The number of esters is 1. The van der Waals surface area contributed by atoms with Crippen molar-refractivity contribution in [1.29, 1.82) is 0 Å². The Kier molecular flexibility index (Phi) is 9.59. The molecule has 2 rings (SSSR count). The molecule has 1 atom stereocenters. The fourth-order valence-corrected chi connectivity index (χ4v) is 10.3. The summed E-state index contributed by atoms with van der Waals surface area (Å²) in [6, 6.07) is 18.9. The van der Waals surface area contributed by atoms with E-state index in [2.05, 4.69) is 45.0 Å². The maximum absolute atomic E-state index is 13.6. The number of ether oxygens (including phenoxy) is 3. The molecule has 0 aromatic heterocycles. The van der Waals surface area contributed by atoms with Gasteiger partial charge in [0.15, 0.2) is 0 Å². The van der Waals surface area contributed by atoms with Crippen molar-refractivity contribution in [2.45, 2.75) is 90.6 Å². The molecule has 208 valence electrons. The molecule has 0 N–H and O–H groups in total. The van der Waals surface area contributed by atoms with Gasteiger partial charge in [0.1, 0.15) is 25.3 Å². The summed E-state index contributed by atoms with van der Waals surface area (Å²) in [5.41, 5.74) is -1.81. The first-order chi connectivity index (χ1) is 17.4. The predicted octanol–water partition coefficient (Wildman–Crippen LogP) is 5.76. The summed E-state index contributed by atoms with van der Waals surface area (Å²) in [6.45, 7) is 16.6. The highest BCUT2D eigenvalue weighted by Crippen LogP contribution is 2.40. The van der Waals surface area contributed by atoms with Crippen molar-refractivity contribution in [2.75, 3.05) is 7.11 Å². The summed E-state index contributed by atoms with van der Waals surface area (Å²) in [5, 5.41) is 1.80. The minimum Gasteiger partial charge on any atom is -0.467 e. The van der Waals surface area contributed by atoms with Gasteiger partial charge in [0, 0.05) is 0 Å². The van der Waals surface area contributed by atoms with Crippen LogP contribution in [0.25, 0.3) is 0 Å². The van der Waals surface area contributed by atoms with E-state index in [-0.39, 0.29) is 11.1 Å². The molecule has 0 saturated carbocycles. The maximum atomic E-state index is 13.6. The van der Waals surface area contributed by atoms with Crippen LogP contribution < -0.4 is 10.4 Å². The van der Waals surface area contributed by atoms with Crippen LogP contribution in [0.2, 0.25) is 11.1 Å². The molecular formula is C30H43NO6Si. The molecule has 0 bridgehead atoms.